The second-order valence-electron chi connectivity index (χ2n) is 2.58. The second-order valence-corrected chi connectivity index (χ2v) is 2.58. The maximum atomic E-state index is 11.1. The molecule has 0 aliphatic heterocycles. The summed E-state index contributed by atoms with van der Waals surface area (Å²) in [6, 6.07) is 7.84. The first-order valence-electron chi connectivity index (χ1n) is 3.49. The summed E-state index contributed by atoms with van der Waals surface area (Å²) in [5.74, 6) is 0.301. The normalized spacial score (nSPS) is 15.4. The van der Waals surface area contributed by atoms with E-state index in [9.17, 15) is 4.79 Å². The zero-order valence-electron chi connectivity index (χ0n) is 6.63. The van der Waals surface area contributed by atoms with Crippen molar-refractivity contribution in [2.45, 2.75) is 12.8 Å². The van der Waals surface area contributed by atoms with E-state index in [-0.39, 0.29) is 1.43 Å². The first-order chi connectivity index (χ1) is 4.88. The van der Waals surface area contributed by atoms with Crippen molar-refractivity contribution in [1.82, 2.24) is 0 Å². The van der Waals surface area contributed by atoms with Crippen molar-refractivity contribution in [3.05, 3.63) is 35.4 Å². The molecule has 1 nitrogen and oxygen atoms in total. The van der Waals surface area contributed by atoms with Crippen molar-refractivity contribution in [1.29, 1.82) is 0 Å². The molecule has 0 bridgehead atoms. The first kappa shape index (κ1) is 5.66. The Morgan fingerprint density at radius 1 is 1.20 bits per heavy atom. The van der Waals surface area contributed by atoms with Crippen LogP contribution in [0, 0.1) is 0 Å². The summed E-state index contributed by atoms with van der Waals surface area (Å²) in [5.41, 5.74) is 2.15. The van der Waals surface area contributed by atoms with Gasteiger partial charge < -0.3 is 0 Å². The van der Waals surface area contributed by atoms with Gasteiger partial charge in [-0.1, -0.05) is 24.3 Å². The van der Waals surface area contributed by atoms with E-state index >= 15 is 0 Å². The summed E-state index contributed by atoms with van der Waals surface area (Å²) >= 11 is 0. The summed E-state index contributed by atoms with van der Waals surface area (Å²) in [7, 11) is 0. The van der Waals surface area contributed by atoms with Gasteiger partial charge in [-0.05, 0) is 12.0 Å². The van der Waals surface area contributed by atoms with Crippen LogP contribution in [-0.4, -0.2) is 5.78 Å². The van der Waals surface area contributed by atoms with Gasteiger partial charge in [-0.2, -0.15) is 0 Å². The summed E-state index contributed by atoms with van der Waals surface area (Å²) in [6.45, 7) is 0. The fraction of sp³-hybridized carbons (Fsp3) is 0.222. The van der Waals surface area contributed by atoms with Crippen LogP contribution in [0.15, 0.2) is 24.3 Å². The molecule has 1 aromatic carbocycles. The van der Waals surface area contributed by atoms with E-state index in [4.69, 9.17) is 0 Å². The molecule has 0 atom stereocenters. The van der Waals surface area contributed by atoms with Gasteiger partial charge in [-0.3, -0.25) is 4.79 Å². The van der Waals surface area contributed by atoms with Crippen molar-refractivity contribution >= 4 is 5.78 Å². The molecule has 1 aliphatic rings. The predicted molar refractivity (Wildman–Crippen MR) is 40.2 cm³/mol. The third-order valence-electron chi connectivity index (χ3n) is 1.94. The summed E-state index contributed by atoms with van der Waals surface area (Å²) in [6.07, 6.45) is 1.65. The molecule has 0 saturated heterocycles. The number of rotatable bonds is 0. The van der Waals surface area contributed by atoms with Crippen LogP contribution < -0.4 is 0 Å². The van der Waals surface area contributed by atoms with E-state index in [0.29, 0.717) is 12.2 Å². The third-order valence-corrected chi connectivity index (χ3v) is 1.94. The molecule has 0 amide bonds. The van der Waals surface area contributed by atoms with Gasteiger partial charge in [0.25, 0.3) is 0 Å². The highest BCUT2D eigenvalue weighted by Gasteiger charge is 2.17. The Bertz CT molecular complexity index is 281. The number of Topliss-reactive ketones (excluding diaryl/α,β-unsaturated/α-hetero) is 1. The Hall–Kier alpha value is -1.11. The Morgan fingerprint density at radius 2 is 2.00 bits per heavy atom. The molecular weight excluding hydrogens is 124 g/mol. The largest absolute Gasteiger partial charge is 1.00 e. The SMILES string of the molecule is O=C1CCc2ccccc21.[H+]. The van der Waals surface area contributed by atoms with Crippen LogP contribution in [0.1, 0.15) is 23.8 Å². The number of hydrogen-bond donors (Lipinski definition) is 0. The highest BCUT2D eigenvalue weighted by molar-refractivity contribution is 6.00. The van der Waals surface area contributed by atoms with Crippen LogP contribution >= 0.6 is 0 Å². The average Bonchev–Trinajstić information content (AvgIpc) is 2.34. The molecule has 0 spiro atoms. The van der Waals surface area contributed by atoms with Gasteiger partial charge in [0.1, 0.15) is 0 Å². The van der Waals surface area contributed by atoms with E-state index in [2.05, 4.69) is 0 Å². The van der Waals surface area contributed by atoms with Gasteiger partial charge in [0.05, 0.1) is 0 Å². The highest BCUT2D eigenvalue weighted by Crippen LogP contribution is 2.20. The van der Waals surface area contributed by atoms with Crippen molar-refractivity contribution in [3.63, 3.8) is 0 Å². The summed E-state index contributed by atoms with van der Waals surface area (Å²) < 4.78 is 0. The number of benzene rings is 1. The molecule has 0 fully saturated rings. The second kappa shape index (κ2) is 1.94. The van der Waals surface area contributed by atoms with Gasteiger partial charge >= 0.3 is 1.43 Å². The number of hydrogen-bond acceptors (Lipinski definition) is 1. The van der Waals surface area contributed by atoms with Crippen molar-refractivity contribution in [2.24, 2.45) is 0 Å². The molecule has 1 aromatic rings. The van der Waals surface area contributed by atoms with Crippen LogP contribution in [0.4, 0.5) is 0 Å². The first-order valence-corrected chi connectivity index (χ1v) is 3.49. The van der Waals surface area contributed by atoms with E-state index in [0.717, 1.165) is 12.0 Å². The zero-order chi connectivity index (χ0) is 6.97. The van der Waals surface area contributed by atoms with E-state index in [1.165, 1.54) is 5.56 Å². The van der Waals surface area contributed by atoms with Crippen LogP contribution in [0.2, 0.25) is 0 Å². The Labute approximate surface area is 61.2 Å². The molecule has 0 saturated carbocycles. The molecular formula is C9H9O+. The quantitative estimate of drug-likeness (QED) is 0.528. The lowest BCUT2D eigenvalue weighted by atomic mass is 10.1. The third kappa shape index (κ3) is 0.670. The number of fused-ring (bicyclic) bond motifs is 1. The van der Waals surface area contributed by atoms with Crippen molar-refractivity contribution in [2.75, 3.05) is 0 Å². The van der Waals surface area contributed by atoms with E-state index in [1.807, 2.05) is 24.3 Å². The minimum Gasteiger partial charge on any atom is -0.294 e. The molecule has 10 heavy (non-hydrogen) atoms. The summed E-state index contributed by atoms with van der Waals surface area (Å²) in [5, 5.41) is 0. The van der Waals surface area contributed by atoms with E-state index in [1.54, 1.807) is 0 Å². The predicted octanol–water partition coefficient (Wildman–Crippen LogP) is 1.93. The molecule has 0 unspecified atom stereocenters. The molecule has 50 valence electrons. The van der Waals surface area contributed by atoms with Crippen molar-refractivity contribution in [3.8, 4) is 0 Å². The standard InChI is InChI=1S/C9H8O/c10-9-6-5-7-3-1-2-4-8(7)9/h1-4H,5-6H2/p+1. The number of carbonyl (C=O) groups excluding carboxylic acids is 1. The molecule has 0 heterocycles. The number of carbonyl (C=O) groups is 1. The number of ketones is 1. The van der Waals surface area contributed by atoms with Gasteiger partial charge in [-0.25, -0.2) is 0 Å². The molecule has 2 rings (SSSR count). The molecule has 1 aliphatic carbocycles. The van der Waals surface area contributed by atoms with Crippen LogP contribution in [0.25, 0.3) is 0 Å². The summed E-state index contributed by atoms with van der Waals surface area (Å²) in [4.78, 5) is 11.1. The molecule has 1 heteroatoms. The maximum absolute atomic E-state index is 11.1. The molecule has 0 N–H and O–H groups in total. The zero-order valence-corrected chi connectivity index (χ0v) is 5.63. The van der Waals surface area contributed by atoms with Gasteiger partial charge in [0.15, 0.2) is 5.78 Å². The lowest BCUT2D eigenvalue weighted by Gasteiger charge is -1.92. The monoisotopic (exact) mass is 133 g/mol. The minimum atomic E-state index is 0. The lowest BCUT2D eigenvalue weighted by Crippen LogP contribution is -1.88. The van der Waals surface area contributed by atoms with Crippen molar-refractivity contribution < 1.29 is 6.22 Å². The Kier molecular flexibility index (Phi) is 1.10. The fourth-order valence-corrected chi connectivity index (χ4v) is 1.39. The Balaban J connectivity index is 0.000000605. The maximum Gasteiger partial charge on any atom is 1.00 e. The van der Waals surface area contributed by atoms with Gasteiger partial charge in [0.2, 0.25) is 0 Å². The van der Waals surface area contributed by atoms with Crippen LogP contribution in [0.3, 0.4) is 0 Å². The van der Waals surface area contributed by atoms with E-state index < -0.39 is 0 Å². The molecule has 0 aromatic heterocycles. The van der Waals surface area contributed by atoms with Gasteiger partial charge in [0, 0.05) is 12.0 Å². The van der Waals surface area contributed by atoms with Crippen LogP contribution in [0.5, 0.6) is 0 Å². The highest BCUT2D eigenvalue weighted by atomic mass is 16.1. The smallest absolute Gasteiger partial charge is 0.294 e. The van der Waals surface area contributed by atoms with Crippen LogP contribution in [-0.2, 0) is 6.42 Å². The Morgan fingerprint density at radius 3 is 2.80 bits per heavy atom. The lowest BCUT2D eigenvalue weighted by molar-refractivity contribution is 0.0994. The fourth-order valence-electron chi connectivity index (χ4n) is 1.39. The molecule has 0 radical (unpaired) electrons. The topological polar surface area (TPSA) is 17.1 Å². The minimum absolute atomic E-state index is 0. The number of aryl methyl sites for hydroxylation is 1. The van der Waals surface area contributed by atoms with Gasteiger partial charge in [-0.15, -0.1) is 0 Å². The average molecular weight is 133 g/mol.